The van der Waals surface area contributed by atoms with E-state index in [0.717, 1.165) is 28.1 Å². The third-order valence-electron chi connectivity index (χ3n) is 5.69. The highest BCUT2D eigenvalue weighted by atomic mass is 19.1. The number of imidazole rings is 1. The number of hydrogen-bond donors (Lipinski definition) is 3. The lowest BCUT2D eigenvalue weighted by atomic mass is 9.97. The average molecular weight is 468 g/mol. The number of allylic oxidation sites excluding steroid dienone is 5. The Morgan fingerprint density at radius 2 is 1.97 bits per heavy atom. The van der Waals surface area contributed by atoms with Gasteiger partial charge >= 0.3 is 0 Å². The number of aromatic amines is 1. The highest BCUT2D eigenvalue weighted by molar-refractivity contribution is 6.13. The summed E-state index contributed by atoms with van der Waals surface area (Å²) >= 11 is 0. The SMILES string of the molecule is C=C/C(=C\C(F)=C/C)c1cncc2[nH]c(/C(=N/N)c3cc(-c4ccnc(NC)c4)ccc3C)nc12. The number of hydrogen-bond acceptors (Lipinski definition) is 6. The van der Waals surface area contributed by atoms with Gasteiger partial charge in [-0.25, -0.2) is 14.4 Å². The van der Waals surface area contributed by atoms with Crippen LogP contribution in [-0.4, -0.2) is 32.7 Å². The Balaban J connectivity index is 1.83. The number of nitrogens with zero attached hydrogens (tertiary/aromatic N) is 4. The molecular formula is C27H26FN7. The zero-order valence-electron chi connectivity index (χ0n) is 19.8. The fourth-order valence-electron chi connectivity index (χ4n) is 3.80. The predicted molar refractivity (Wildman–Crippen MR) is 141 cm³/mol. The van der Waals surface area contributed by atoms with Crippen LogP contribution in [0.3, 0.4) is 0 Å². The van der Waals surface area contributed by atoms with Gasteiger partial charge < -0.3 is 16.1 Å². The van der Waals surface area contributed by atoms with Gasteiger partial charge in [-0.15, -0.1) is 0 Å². The standard InChI is InChI=1S/C27H26FN7/c1-5-17(11-20(28)6-2)22-14-31-15-23-25(22)34-27(33-23)26(35-29)21-12-18(8-7-16(21)3)19-9-10-32-24(13-19)30-4/h5-15H,1,29H2,2-4H3,(H,30,32)(H,33,34)/b17-11+,20-6+,35-26+. The minimum absolute atomic E-state index is 0.373. The van der Waals surface area contributed by atoms with Crippen LogP contribution in [0.15, 0.2) is 84.7 Å². The Hall–Kier alpha value is -4.59. The number of H-pyrrole nitrogens is 1. The van der Waals surface area contributed by atoms with Gasteiger partial charge in [0, 0.05) is 30.6 Å². The van der Waals surface area contributed by atoms with Crippen molar-refractivity contribution in [1.82, 2.24) is 19.9 Å². The van der Waals surface area contributed by atoms with Crippen LogP contribution in [-0.2, 0) is 0 Å². The summed E-state index contributed by atoms with van der Waals surface area (Å²) in [4.78, 5) is 16.6. The van der Waals surface area contributed by atoms with E-state index >= 15 is 0 Å². The van der Waals surface area contributed by atoms with Crippen LogP contribution in [0.1, 0.15) is 29.4 Å². The molecule has 4 aromatic rings. The molecule has 0 spiro atoms. The van der Waals surface area contributed by atoms with Crippen molar-refractivity contribution >= 4 is 28.1 Å². The monoisotopic (exact) mass is 467 g/mol. The molecule has 1 aromatic carbocycles. The zero-order chi connectivity index (χ0) is 24.9. The first kappa shape index (κ1) is 23.6. The van der Waals surface area contributed by atoms with Crippen molar-refractivity contribution in [2.45, 2.75) is 13.8 Å². The second-order valence-corrected chi connectivity index (χ2v) is 7.83. The van der Waals surface area contributed by atoms with Crippen LogP contribution in [0, 0.1) is 6.92 Å². The molecule has 0 radical (unpaired) electrons. The van der Waals surface area contributed by atoms with E-state index in [0.29, 0.717) is 33.7 Å². The number of nitrogens with one attached hydrogen (secondary N) is 2. The lowest BCUT2D eigenvalue weighted by molar-refractivity contribution is 0.665. The van der Waals surface area contributed by atoms with Crippen LogP contribution < -0.4 is 11.2 Å². The summed E-state index contributed by atoms with van der Waals surface area (Å²) in [6.45, 7) is 7.44. The van der Waals surface area contributed by atoms with Crippen molar-refractivity contribution < 1.29 is 4.39 Å². The Kier molecular flexibility index (Phi) is 6.82. The maximum Gasteiger partial charge on any atom is 0.159 e. The van der Waals surface area contributed by atoms with Crippen LogP contribution in [0.25, 0.3) is 27.7 Å². The van der Waals surface area contributed by atoms with E-state index in [1.165, 1.54) is 12.2 Å². The minimum atomic E-state index is -0.373. The Morgan fingerprint density at radius 1 is 1.17 bits per heavy atom. The fraction of sp³-hybridized carbons (Fsp3) is 0.111. The summed E-state index contributed by atoms with van der Waals surface area (Å²) < 4.78 is 14.0. The summed E-state index contributed by atoms with van der Waals surface area (Å²) in [5.41, 5.74) is 6.82. The Morgan fingerprint density at radius 3 is 2.69 bits per heavy atom. The number of rotatable bonds is 7. The first-order chi connectivity index (χ1) is 17.0. The lowest BCUT2D eigenvalue weighted by Gasteiger charge is -2.11. The van der Waals surface area contributed by atoms with E-state index in [4.69, 9.17) is 10.8 Å². The van der Waals surface area contributed by atoms with E-state index in [-0.39, 0.29) is 5.83 Å². The van der Waals surface area contributed by atoms with Gasteiger partial charge in [-0.2, -0.15) is 5.10 Å². The maximum atomic E-state index is 14.0. The fourth-order valence-corrected chi connectivity index (χ4v) is 3.80. The number of fused-ring (bicyclic) bond motifs is 1. The van der Waals surface area contributed by atoms with Gasteiger partial charge in [0.15, 0.2) is 5.82 Å². The van der Waals surface area contributed by atoms with E-state index in [2.05, 4.69) is 31.9 Å². The summed E-state index contributed by atoms with van der Waals surface area (Å²) in [5, 5.41) is 7.14. The molecular weight excluding hydrogens is 441 g/mol. The number of pyridine rings is 2. The van der Waals surface area contributed by atoms with Crippen LogP contribution in [0.4, 0.5) is 10.2 Å². The number of aryl methyl sites for hydroxylation is 1. The first-order valence-electron chi connectivity index (χ1n) is 11.0. The second kappa shape index (κ2) is 10.1. The van der Waals surface area contributed by atoms with E-state index < -0.39 is 0 Å². The molecule has 7 nitrogen and oxygen atoms in total. The van der Waals surface area contributed by atoms with Gasteiger partial charge in [0.25, 0.3) is 0 Å². The quantitative estimate of drug-likeness (QED) is 0.144. The van der Waals surface area contributed by atoms with Crippen molar-refractivity contribution in [3.05, 3.63) is 102 Å². The second-order valence-electron chi connectivity index (χ2n) is 7.83. The molecule has 0 unspecified atom stereocenters. The minimum Gasteiger partial charge on any atom is -0.373 e. The molecule has 176 valence electrons. The van der Waals surface area contributed by atoms with Gasteiger partial charge in [0.2, 0.25) is 0 Å². The number of benzene rings is 1. The molecule has 3 aromatic heterocycles. The summed E-state index contributed by atoms with van der Waals surface area (Å²) in [5.74, 6) is 6.76. The zero-order valence-corrected chi connectivity index (χ0v) is 19.8. The molecule has 0 bridgehead atoms. The Bertz CT molecular complexity index is 1490. The third-order valence-corrected chi connectivity index (χ3v) is 5.69. The molecule has 0 saturated carbocycles. The third kappa shape index (κ3) is 4.72. The smallest absolute Gasteiger partial charge is 0.159 e. The van der Waals surface area contributed by atoms with Crippen LogP contribution >= 0.6 is 0 Å². The molecule has 35 heavy (non-hydrogen) atoms. The predicted octanol–water partition coefficient (Wildman–Crippen LogP) is 5.52. The lowest BCUT2D eigenvalue weighted by Crippen LogP contribution is -2.10. The van der Waals surface area contributed by atoms with Crippen LogP contribution in [0.5, 0.6) is 0 Å². The number of anilines is 1. The van der Waals surface area contributed by atoms with Crippen molar-refractivity contribution in [2.75, 3.05) is 12.4 Å². The van der Waals surface area contributed by atoms with Gasteiger partial charge in [-0.3, -0.25) is 4.98 Å². The van der Waals surface area contributed by atoms with Crippen molar-refractivity contribution in [3.8, 4) is 11.1 Å². The number of hydrazone groups is 1. The van der Waals surface area contributed by atoms with Crippen molar-refractivity contribution in [2.24, 2.45) is 10.9 Å². The Labute approximate surface area is 203 Å². The molecule has 3 heterocycles. The summed E-state index contributed by atoms with van der Waals surface area (Å²) in [7, 11) is 1.83. The highest BCUT2D eigenvalue weighted by Crippen LogP contribution is 2.28. The normalized spacial score (nSPS) is 12.7. The van der Waals surface area contributed by atoms with Gasteiger partial charge in [-0.05, 0) is 60.4 Å². The molecule has 0 aliphatic heterocycles. The van der Waals surface area contributed by atoms with Crippen LogP contribution in [0.2, 0.25) is 0 Å². The summed E-state index contributed by atoms with van der Waals surface area (Å²) in [6, 6.07) is 10.0. The topological polar surface area (TPSA) is 105 Å². The van der Waals surface area contributed by atoms with Gasteiger partial charge in [0.1, 0.15) is 17.4 Å². The van der Waals surface area contributed by atoms with E-state index in [1.54, 1.807) is 31.6 Å². The molecule has 0 aliphatic rings. The van der Waals surface area contributed by atoms with Crippen molar-refractivity contribution in [3.63, 3.8) is 0 Å². The molecule has 0 aliphatic carbocycles. The molecule has 0 saturated heterocycles. The molecule has 0 atom stereocenters. The summed E-state index contributed by atoms with van der Waals surface area (Å²) in [6.07, 6.45) is 9.41. The molecule has 8 heteroatoms. The van der Waals surface area contributed by atoms with Crippen molar-refractivity contribution in [1.29, 1.82) is 0 Å². The van der Waals surface area contributed by atoms with E-state index in [1.807, 2.05) is 44.3 Å². The van der Waals surface area contributed by atoms with Gasteiger partial charge in [-0.1, -0.05) is 30.9 Å². The molecule has 4 rings (SSSR count). The maximum absolute atomic E-state index is 14.0. The average Bonchev–Trinajstić information content (AvgIpc) is 3.32. The largest absolute Gasteiger partial charge is 0.373 e. The highest BCUT2D eigenvalue weighted by Gasteiger charge is 2.18. The number of halogens is 1. The number of nitrogens with two attached hydrogens (primary N) is 1. The van der Waals surface area contributed by atoms with Gasteiger partial charge in [0.05, 0.1) is 17.2 Å². The molecule has 4 N–H and O–H groups in total. The number of aromatic nitrogens is 4. The molecule has 0 amide bonds. The van der Waals surface area contributed by atoms with E-state index in [9.17, 15) is 4.39 Å². The molecule has 0 fully saturated rings. The first-order valence-corrected chi connectivity index (χ1v) is 11.0.